The Bertz CT molecular complexity index is 653. The van der Waals surface area contributed by atoms with E-state index in [0.29, 0.717) is 5.92 Å². The van der Waals surface area contributed by atoms with E-state index in [-0.39, 0.29) is 17.1 Å². The summed E-state index contributed by atoms with van der Waals surface area (Å²) in [6.45, 7) is 1.62. The zero-order valence-corrected chi connectivity index (χ0v) is 12.6. The molecule has 0 aromatic heterocycles. The molecule has 0 aliphatic heterocycles. The average Bonchev–Trinajstić information content (AvgIpc) is 2.30. The second-order valence-electron chi connectivity index (χ2n) is 5.36. The number of primary sulfonamides is 1. The highest BCUT2D eigenvalue weighted by Crippen LogP contribution is 2.29. The molecular formula is C14H18FNO4S. The van der Waals surface area contributed by atoms with Crippen molar-refractivity contribution < 1.29 is 22.3 Å². The van der Waals surface area contributed by atoms with Crippen LogP contribution in [0.25, 0.3) is 0 Å². The van der Waals surface area contributed by atoms with Gasteiger partial charge in [-0.3, -0.25) is 0 Å². The lowest BCUT2D eigenvalue weighted by atomic mass is 9.83. The Morgan fingerprint density at radius 3 is 2.62 bits per heavy atom. The second-order valence-corrected chi connectivity index (χ2v) is 6.89. The number of nitrogens with two attached hydrogens (primary N) is 1. The van der Waals surface area contributed by atoms with Gasteiger partial charge in [0.1, 0.15) is 5.82 Å². The minimum absolute atomic E-state index is 0.154. The second kappa shape index (κ2) is 6.11. The summed E-state index contributed by atoms with van der Waals surface area (Å²) in [4.78, 5) is 11.6. The predicted octanol–water partition coefficient (Wildman–Crippen LogP) is 2.13. The SMILES string of the molecule is Cc1cc(F)c(C(=O)OCCC2CCC2)cc1S(N)(=O)=O. The predicted molar refractivity (Wildman–Crippen MR) is 74.8 cm³/mol. The Kier molecular flexibility index (Phi) is 4.63. The van der Waals surface area contributed by atoms with Gasteiger partial charge in [-0.05, 0) is 37.0 Å². The van der Waals surface area contributed by atoms with Crippen LogP contribution in [0.2, 0.25) is 0 Å². The van der Waals surface area contributed by atoms with Gasteiger partial charge in [-0.2, -0.15) is 0 Å². The highest BCUT2D eigenvalue weighted by Gasteiger charge is 2.22. The zero-order chi connectivity index (χ0) is 15.6. The first-order chi connectivity index (χ1) is 9.79. The number of aryl methyl sites for hydroxylation is 1. The maximum absolute atomic E-state index is 13.8. The standard InChI is InChI=1S/C14H18FNO4S/c1-9-7-12(15)11(8-13(9)21(16,18)19)14(17)20-6-5-10-3-2-4-10/h7-8,10H,2-6H2,1H3,(H2,16,18,19). The molecule has 0 amide bonds. The molecule has 0 atom stereocenters. The molecule has 116 valence electrons. The van der Waals surface area contributed by atoms with Gasteiger partial charge in [-0.15, -0.1) is 0 Å². The van der Waals surface area contributed by atoms with Crippen molar-refractivity contribution in [3.8, 4) is 0 Å². The smallest absolute Gasteiger partial charge is 0.341 e. The van der Waals surface area contributed by atoms with E-state index in [2.05, 4.69) is 0 Å². The summed E-state index contributed by atoms with van der Waals surface area (Å²) in [5.74, 6) is -1.11. The number of esters is 1. The molecule has 1 aliphatic carbocycles. The molecule has 1 aromatic rings. The summed E-state index contributed by atoms with van der Waals surface area (Å²) in [6.07, 6.45) is 4.21. The first-order valence-corrected chi connectivity index (χ1v) is 8.33. The van der Waals surface area contributed by atoms with E-state index in [1.54, 1.807) is 0 Å². The molecule has 0 saturated heterocycles. The van der Waals surface area contributed by atoms with E-state index in [0.717, 1.165) is 31.4 Å². The van der Waals surface area contributed by atoms with Gasteiger partial charge in [0.15, 0.2) is 0 Å². The molecule has 5 nitrogen and oxygen atoms in total. The van der Waals surface area contributed by atoms with E-state index in [1.165, 1.54) is 13.3 Å². The van der Waals surface area contributed by atoms with Crippen LogP contribution in [-0.4, -0.2) is 21.0 Å². The van der Waals surface area contributed by atoms with Crippen molar-refractivity contribution in [1.29, 1.82) is 0 Å². The van der Waals surface area contributed by atoms with Gasteiger partial charge in [-0.1, -0.05) is 19.3 Å². The maximum atomic E-state index is 13.8. The van der Waals surface area contributed by atoms with Crippen LogP contribution in [0, 0.1) is 18.7 Å². The monoisotopic (exact) mass is 315 g/mol. The van der Waals surface area contributed by atoms with Crippen LogP contribution in [0.3, 0.4) is 0 Å². The number of hydrogen-bond acceptors (Lipinski definition) is 4. The Hall–Kier alpha value is -1.47. The van der Waals surface area contributed by atoms with E-state index >= 15 is 0 Å². The maximum Gasteiger partial charge on any atom is 0.341 e. The van der Waals surface area contributed by atoms with Crippen LogP contribution < -0.4 is 5.14 Å². The van der Waals surface area contributed by atoms with Crippen LogP contribution in [0.5, 0.6) is 0 Å². The summed E-state index contributed by atoms with van der Waals surface area (Å²) in [6, 6.07) is 1.91. The molecule has 2 rings (SSSR count). The van der Waals surface area contributed by atoms with Crippen molar-refractivity contribution in [2.75, 3.05) is 6.61 Å². The van der Waals surface area contributed by atoms with Crippen LogP contribution in [0.15, 0.2) is 17.0 Å². The van der Waals surface area contributed by atoms with Gasteiger partial charge in [0.25, 0.3) is 0 Å². The van der Waals surface area contributed by atoms with Gasteiger partial charge in [-0.25, -0.2) is 22.7 Å². The summed E-state index contributed by atoms with van der Waals surface area (Å²) < 4.78 is 41.6. The van der Waals surface area contributed by atoms with E-state index < -0.39 is 27.4 Å². The van der Waals surface area contributed by atoms with E-state index in [4.69, 9.17) is 9.88 Å². The van der Waals surface area contributed by atoms with Crippen LogP contribution in [-0.2, 0) is 14.8 Å². The van der Waals surface area contributed by atoms with E-state index in [1.807, 2.05) is 0 Å². The Balaban J connectivity index is 2.12. The highest BCUT2D eigenvalue weighted by atomic mass is 32.2. The number of hydrogen-bond donors (Lipinski definition) is 1. The fraction of sp³-hybridized carbons (Fsp3) is 0.500. The van der Waals surface area contributed by atoms with Crippen LogP contribution in [0.4, 0.5) is 4.39 Å². The number of carbonyl (C=O) groups is 1. The fourth-order valence-electron chi connectivity index (χ4n) is 2.29. The molecule has 1 aliphatic rings. The first-order valence-electron chi connectivity index (χ1n) is 6.79. The Morgan fingerprint density at radius 1 is 1.43 bits per heavy atom. The van der Waals surface area contributed by atoms with Gasteiger partial charge >= 0.3 is 5.97 Å². The van der Waals surface area contributed by atoms with Crippen molar-refractivity contribution in [3.05, 3.63) is 29.1 Å². The lowest BCUT2D eigenvalue weighted by Crippen LogP contribution is -2.18. The number of sulfonamides is 1. The summed E-state index contributed by atoms with van der Waals surface area (Å²) >= 11 is 0. The third-order valence-electron chi connectivity index (χ3n) is 3.78. The third-order valence-corrected chi connectivity index (χ3v) is 4.83. The number of rotatable bonds is 5. The largest absolute Gasteiger partial charge is 0.462 e. The molecule has 0 spiro atoms. The van der Waals surface area contributed by atoms with Crippen LogP contribution in [0.1, 0.15) is 41.6 Å². The highest BCUT2D eigenvalue weighted by molar-refractivity contribution is 7.89. The topological polar surface area (TPSA) is 86.5 Å². The van der Waals surface area contributed by atoms with E-state index in [9.17, 15) is 17.6 Å². The lowest BCUT2D eigenvalue weighted by molar-refractivity contribution is 0.0458. The molecule has 0 unspecified atom stereocenters. The number of carbonyl (C=O) groups excluding carboxylic acids is 1. The van der Waals surface area contributed by atoms with Crippen molar-refractivity contribution >= 4 is 16.0 Å². The molecule has 2 N–H and O–H groups in total. The molecule has 7 heteroatoms. The summed E-state index contributed by atoms with van der Waals surface area (Å²) in [5.41, 5.74) is -0.251. The molecule has 21 heavy (non-hydrogen) atoms. The first kappa shape index (κ1) is 15.9. The molecule has 1 saturated carbocycles. The molecule has 0 heterocycles. The number of halogens is 1. The third kappa shape index (κ3) is 3.79. The minimum atomic E-state index is -4.01. The summed E-state index contributed by atoms with van der Waals surface area (Å²) in [5, 5.41) is 5.04. The van der Waals surface area contributed by atoms with Gasteiger partial charge in [0, 0.05) is 0 Å². The quantitative estimate of drug-likeness (QED) is 0.843. The Morgan fingerprint density at radius 2 is 2.10 bits per heavy atom. The average molecular weight is 315 g/mol. The van der Waals surface area contributed by atoms with Gasteiger partial charge < -0.3 is 4.74 Å². The molecule has 0 bridgehead atoms. The molecule has 1 fully saturated rings. The van der Waals surface area contributed by atoms with Crippen LogP contribution >= 0.6 is 0 Å². The van der Waals surface area contributed by atoms with Crippen molar-refractivity contribution in [1.82, 2.24) is 0 Å². The Labute approximate surface area is 123 Å². The van der Waals surface area contributed by atoms with Gasteiger partial charge in [0.05, 0.1) is 17.1 Å². The number of ether oxygens (including phenoxy) is 1. The molecular weight excluding hydrogens is 297 g/mol. The summed E-state index contributed by atoms with van der Waals surface area (Å²) in [7, 11) is -4.01. The zero-order valence-electron chi connectivity index (χ0n) is 11.8. The molecule has 1 aromatic carbocycles. The van der Waals surface area contributed by atoms with Crippen molar-refractivity contribution in [2.45, 2.75) is 37.5 Å². The minimum Gasteiger partial charge on any atom is -0.462 e. The van der Waals surface area contributed by atoms with Crippen molar-refractivity contribution in [3.63, 3.8) is 0 Å². The van der Waals surface area contributed by atoms with Gasteiger partial charge in [0.2, 0.25) is 10.0 Å². The number of benzene rings is 1. The van der Waals surface area contributed by atoms with Crippen molar-refractivity contribution in [2.24, 2.45) is 11.1 Å². The normalized spacial score (nSPS) is 15.6. The molecule has 0 radical (unpaired) electrons. The lowest BCUT2D eigenvalue weighted by Gasteiger charge is -2.24. The fourth-order valence-corrected chi connectivity index (χ4v) is 3.08.